The zero-order valence-electron chi connectivity index (χ0n) is 11.9. The first-order chi connectivity index (χ1) is 8.82. The van der Waals surface area contributed by atoms with Crippen LogP contribution in [0.1, 0.15) is 20.8 Å². The summed E-state index contributed by atoms with van der Waals surface area (Å²) >= 11 is 0. The zero-order valence-corrected chi connectivity index (χ0v) is 11.9. The first-order valence-electron chi connectivity index (χ1n) is 6.20. The van der Waals surface area contributed by atoms with E-state index in [2.05, 4.69) is 10.6 Å². The van der Waals surface area contributed by atoms with Crippen LogP contribution in [0.3, 0.4) is 0 Å². The van der Waals surface area contributed by atoms with E-state index in [0.29, 0.717) is 11.4 Å². The maximum atomic E-state index is 11.7. The number of benzene rings is 1. The van der Waals surface area contributed by atoms with Crippen molar-refractivity contribution < 1.29 is 14.6 Å². The predicted octanol–water partition coefficient (Wildman–Crippen LogP) is 2.22. The number of carbonyl (C=O) groups is 1. The van der Waals surface area contributed by atoms with Crippen molar-refractivity contribution in [1.82, 2.24) is 5.32 Å². The lowest BCUT2D eigenvalue weighted by Gasteiger charge is -2.25. The van der Waals surface area contributed by atoms with Crippen LogP contribution < -0.4 is 15.4 Å². The molecule has 1 aromatic rings. The highest BCUT2D eigenvalue weighted by Gasteiger charge is 2.22. The van der Waals surface area contributed by atoms with Crippen molar-refractivity contribution in [3.8, 4) is 5.75 Å². The zero-order chi connectivity index (χ0) is 14.5. The van der Waals surface area contributed by atoms with E-state index in [4.69, 9.17) is 4.74 Å². The second-order valence-electron chi connectivity index (χ2n) is 5.45. The van der Waals surface area contributed by atoms with Gasteiger partial charge in [0.15, 0.2) is 0 Å². The Labute approximate surface area is 114 Å². The van der Waals surface area contributed by atoms with E-state index < -0.39 is 6.10 Å². The number of rotatable bonds is 4. The Kier molecular flexibility index (Phi) is 5.18. The normalized spacial score (nSPS) is 12.7. The molecule has 106 valence electrons. The summed E-state index contributed by atoms with van der Waals surface area (Å²) in [4.78, 5) is 11.7. The van der Waals surface area contributed by atoms with Crippen molar-refractivity contribution in [2.24, 2.45) is 5.41 Å². The second-order valence-corrected chi connectivity index (χ2v) is 5.45. The molecule has 0 heterocycles. The van der Waals surface area contributed by atoms with Crippen molar-refractivity contribution in [3.63, 3.8) is 0 Å². The van der Waals surface area contributed by atoms with Gasteiger partial charge in [0.2, 0.25) is 0 Å². The summed E-state index contributed by atoms with van der Waals surface area (Å²) < 4.78 is 5.07. The van der Waals surface area contributed by atoms with Crippen molar-refractivity contribution in [2.75, 3.05) is 19.0 Å². The molecule has 0 bridgehead atoms. The van der Waals surface area contributed by atoms with E-state index in [-0.39, 0.29) is 18.0 Å². The van der Waals surface area contributed by atoms with Crippen molar-refractivity contribution in [1.29, 1.82) is 0 Å². The summed E-state index contributed by atoms with van der Waals surface area (Å²) in [7, 11) is 1.57. The molecule has 0 fully saturated rings. The molecule has 0 saturated heterocycles. The number of carbonyl (C=O) groups excluding carboxylic acids is 1. The van der Waals surface area contributed by atoms with Crippen LogP contribution in [-0.2, 0) is 0 Å². The van der Waals surface area contributed by atoms with Crippen LogP contribution in [-0.4, -0.2) is 30.9 Å². The minimum atomic E-state index is -0.594. The number of ether oxygens (including phenoxy) is 1. The first kappa shape index (κ1) is 15.3. The summed E-state index contributed by atoms with van der Waals surface area (Å²) in [5, 5.41) is 15.1. The number of methoxy groups -OCH3 is 1. The fraction of sp³-hybridized carbons (Fsp3) is 0.500. The third kappa shape index (κ3) is 5.18. The summed E-state index contributed by atoms with van der Waals surface area (Å²) in [5.41, 5.74) is 0.380. The van der Waals surface area contributed by atoms with Crippen LogP contribution in [0.4, 0.5) is 10.5 Å². The number of anilines is 1. The van der Waals surface area contributed by atoms with Gasteiger partial charge in [0.25, 0.3) is 0 Å². The molecule has 1 rings (SSSR count). The average molecular weight is 266 g/mol. The van der Waals surface area contributed by atoms with Crippen molar-refractivity contribution in [2.45, 2.75) is 26.9 Å². The third-order valence-electron chi connectivity index (χ3n) is 2.78. The van der Waals surface area contributed by atoms with E-state index in [0.717, 1.165) is 0 Å². The lowest BCUT2D eigenvalue weighted by molar-refractivity contribution is 0.0654. The molecular weight excluding hydrogens is 244 g/mol. The standard InChI is InChI=1S/C14H22N2O3/c1-14(2,3)12(17)9-15-13(18)16-10-6-5-7-11(8-10)19-4/h5-8,12,17H,9H2,1-4H3,(H2,15,16,18). The Morgan fingerprint density at radius 3 is 2.68 bits per heavy atom. The topological polar surface area (TPSA) is 70.6 Å². The lowest BCUT2D eigenvalue weighted by atomic mass is 9.89. The molecule has 0 aliphatic rings. The molecule has 0 saturated carbocycles. The van der Waals surface area contributed by atoms with E-state index >= 15 is 0 Å². The minimum absolute atomic E-state index is 0.208. The number of amides is 2. The largest absolute Gasteiger partial charge is 0.497 e. The molecule has 1 aromatic carbocycles. The van der Waals surface area contributed by atoms with Gasteiger partial charge in [0.05, 0.1) is 13.2 Å². The molecule has 0 aromatic heterocycles. The number of aliphatic hydroxyl groups is 1. The number of urea groups is 1. The molecule has 1 unspecified atom stereocenters. The minimum Gasteiger partial charge on any atom is -0.497 e. The molecule has 5 nitrogen and oxygen atoms in total. The highest BCUT2D eigenvalue weighted by atomic mass is 16.5. The van der Waals surface area contributed by atoms with E-state index in [9.17, 15) is 9.90 Å². The highest BCUT2D eigenvalue weighted by molar-refractivity contribution is 5.89. The molecule has 1 atom stereocenters. The van der Waals surface area contributed by atoms with E-state index in [1.165, 1.54) is 0 Å². The van der Waals surface area contributed by atoms with Gasteiger partial charge in [0, 0.05) is 18.3 Å². The van der Waals surface area contributed by atoms with Crippen LogP contribution in [0.2, 0.25) is 0 Å². The van der Waals surface area contributed by atoms with Gasteiger partial charge < -0.3 is 20.5 Å². The summed E-state index contributed by atoms with van der Waals surface area (Å²) in [6.07, 6.45) is -0.594. The number of nitrogens with one attached hydrogen (secondary N) is 2. The van der Waals surface area contributed by atoms with Crippen molar-refractivity contribution in [3.05, 3.63) is 24.3 Å². The average Bonchev–Trinajstić information content (AvgIpc) is 2.35. The van der Waals surface area contributed by atoms with Gasteiger partial charge in [0.1, 0.15) is 5.75 Å². The SMILES string of the molecule is COc1cccc(NC(=O)NCC(O)C(C)(C)C)c1. The maximum absolute atomic E-state index is 11.7. The smallest absolute Gasteiger partial charge is 0.319 e. The predicted molar refractivity (Wildman–Crippen MR) is 75.5 cm³/mol. The fourth-order valence-corrected chi connectivity index (χ4v) is 1.37. The lowest BCUT2D eigenvalue weighted by Crippen LogP contribution is -2.40. The summed E-state index contributed by atoms with van der Waals surface area (Å²) in [6, 6.07) is 6.73. The molecular formula is C14H22N2O3. The molecule has 5 heteroatoms. The van der Waals surface area contributed by atoms with Crippen LogP contribution in [0, 0.1) is 5.41 Å². The Hall–Kier alpha value is -1.75. The van der Waals surface area contributed by atoms with Gasteiger partial charge in [-0.15, -0.1) is 0 Å². The Bertz CT molecular complexity index is 427. The van der Waals surface area contributed by atoms with Gasteiger partial charge in [-0.05, 0) is 17.5 Å². The van der Waals surface area contributed by atoms with Crippen molar-refractivity contribution >= 4 is 11.7 Å². The summed E-state index contributed by atoms with van der Waals surface area (Å²) in [6.45, 7) is 5.96. The summed E-state index contributed by atoms with van der Waals surface area (Å²) in [5.74, 6) is 0.674. The van der Waals surface area contributed by atoms with Crippen LogP contribution in [0.15, 0.2) is 24.3 Å². The number of hydrogen-bond acceptors (Lipinski definition) is 3. The van der Waals surface area contributed by atoms with Gasteiger partial charge >= 0.3 is 6.03 Å². The molecule has 0 aliphatic carbocycles. The van der Waals surface area contributed by atoms with Crippen LogP contribution >= 0.6 is 0 Å². The molecule has 2 amide bonds. The Balaban J connectivity index is 2.47. The third-order valence-corrected chi connectivity index (χ3v) is 2.78. The first-order valence-corrected chi connectivity index (χ1v) is 6.20. The van der Waals surface area contributed by atoms with Gasteiger partial charge in [-0.25, -0.2) is 4.79 Å². The number of aliphatic hydroxyl groups excluding tert-OH is 1. The van der Waals surface area contributed by atoms with Crippen LogP contribution in [0.25, 0.3) is 0 Å². The highest BCUT2D eigenvalue weighted by Crippen LogP contribution is 2.18. The number of hydrogen-bond donors (Lipinski definition) is 3. The van der Waals surface area contributed by atoms with Gasteiger partial charge in [-0.3, -0.25) is 0 Å². The molecule has 0 radical (unpaired) electrons. The molecule has 0 aliphatic heterocycles. The Morgan fingerprint density at radius 2 is 2.11 bits per heavy atom. The molecule has 3 N–H and O–H groups in total. The van der Waals surface area contributed by atoms with Gasteiger partial charge in [-0.1, -0.05) is 26.8 Å². The Morgan fingerprint density at radius 1 is 1.42 bits per heavy atom. The monoisotopic (exact) mass is 266 g/mol. The molecule has 0 spiro atoms. The maximum Gasteiger partial charge on any atom is 0.319 e. The van der Waals surface area contributed by atoms with Crippen LogP contribution in [0.5, 0.6) is 5.75 Å². The van der Waals surface area contributed by atoms with E-state index in [1.807, 2.05) is 20.8 Å². The second kappa shape index (κ2) is 6.43. The fourth-order valence-electron chi connectivity index (χ4n) is 1.37. The quantitative estimate of drug-likeness (QED) is 0.782. The van der Waals surface area contributed by atoms with E-state index in [1.54, 1.807) is 31.4 Å². The molecule has 19 heavy (non-hydrogen) atoms. The van der Waals surface area contributed by atoms with Gasteiger partial charge in [-0.2, -0.15) is 0 Å².